The van der Waals surface area contributed by atoms with Crippen LogP contribution in [0.15, 0.2) is 29.3 Å². The molecule has 1 aromatic carbocycles. The maximum absolute atomic E-state index is 11.9. The van der Waals surface area contributed by atoms with E-state index in [1.807, 2.05) is 31.2 Å². The van der Waals surface area contributed by atoms with Gasteiger partial charge in [-0.1, -0.05) is 6.07 Å². The molecular formula is C22H35N3O4. The van der Waals surface area contributed by atoms with E-state index in [9.17, 15) is 4.79 Å². The molecule has 0 heterocycles. The van der Waals surface area contributed by atoms with Crippen LogP contribution in [0, 0.1) is 5.92 Å². The summed E-state index contributed by atoms with van der Waals surface area (Å²) >= 11 is 0. The van der Waals surface area contributed by atoms with Crippen molar-refractivity contribution in [3.05, 3.63) is 24.3 Å². The van der Waals surface area contributed by atoms with Gasteiger partial charge in [0.25, 0.3) is 0 Å². The van der Waals surface area contributed by atoms with E-state index in [1.165, 1.54) is 0 Å². The van der Waals surface area contributed by atoms with E-state index >= 15 is 0 Å². The second kappa shape index (κ2) is 12.9. The molecule has 0 amide bonds. The molecular weight excluding hydrogens is 370 g/mol. The quantitative estimate of drug-likeness (QED) is 0.269. The van der Waals surface area contributed by atoms with E-state index in [-0.39, 0.29) is 11.9 Å². The lowest BCUT2D eigenvalue weighted by molar-refractivity contribution is -0.149. The highest BCUT2D eigenvalue weighted by Gasteiger charge is 2.27. The van der Waals surface area contributed by atoms with Gasteiger partial charge in [-0.15, -0.1) is 0 Å². The third-order valence-electron chi connectivity index (χ3n) is 4.91. The van der Waals surface area contributed by atoms with Crippen LogP contribution in [0.5, 0.6) is 11.5 Å². The Labute approximate surface area is 174 Å². The van der Waals surface area contributed by atoms with Gasteiger partial charge in [-0.05, 0) is 51.7 Å². The molecule has 7 nitrogen and oxygen atoms in total. The standard InChI is InChI=1S/C22H35N3O4/c1-4-23-22(25-18-12-10-17(11-13-18)21(26)28-5-2)24-14-7-15-29-20-9-6-8-19(16-20)27-3/h6,8-9,16-18H,4-5,7,10-15H2,1-3H3,(H2,23,24,25). The molecule has 162 valence electrons. The Bertz CT molecular complexity index is 643. The highest BCUT2D eigenvalue weighted by molar-refractivity contribution is 5.80. The lowest BCUT2D eigenvalue weighted by Gasteiger charge is -2.29. The van der Waals surface area contributed by atoms with Crippen molar-refractivity contribution in [1.82, 2.24) is 10.6 Å². The minimum Gasteiger partial charge on any atom is -0.497 e. The van der Waals surface area contributed by atoms with Crippen LogP contribution in [0.3, 0.4) is 0 Å². The van der Waals surface area contributed by atoms with E-state index in [1.54, 1.807) is 7.11 Å². The maximum Gasteiger partial charge on any atom is 0.308 e. The van der Waals surface area contributed by atoms with Crippen LogP contribution in [-0.4, -0.2) is 51.4 Å². The number of guanidine groups is 1. The fourth-order valence-corrected chi connectivity index (χ4v) is 3.38. The van der Waals surface area contributed by atoms with Gasteiger partial charge in [0.1, 0.15) is 11.5 Å². The van der Waals surface area contributed by atoms with Crippen molar-refractivity contribution in [2.45, 2.75) is 52.0 Å². The molecule has 1 saturated carbocycles. The molecule has 0 bridgehead atoms. The second-order valence-electron chi connectivity index (χ2n) is 7.09. The summed E-state index contributed by atoms with van der Waals surface area (Å²) in [7, 11) is 1.65. The van der Waals surface area contributed by atoms with Gasteiger partial charge >= 0.3 is 5.97 Å². The van der Waals surface area contributed by atoms with Gasteiger partial charge in [-0.3, -0.25) is 9.79 Å². The molecule has 0 aromatic heterocycles. The van der Waals surface area contributed by atoms with Crippen LogP contribution < -0.4 is 20.1 Å². The average Bonchev–Trinajstić information content (AvgIpc) is 2.74. The molecule has 0 unspecified atom stereocenters. The summed E-state index contributed by atoms with van der Waals surface area (Å²) in [5, 5.41) is 6.80. The van der Waals surface area contributed by atoms with Crippen LogP contribution in [0.25, 0.3) is 0 Å². The normalized spacial score (nSPS) is 19.3. The minimum atomic E-state index is -0.0532. The fourth-order valence-electron chi connectivity index (χ4n) is 3.38. The average molecular weight is 406 g/mol. The SMILES string of the molecule is CCNC(=NCCCOc1cccc(OC)c1)NC1CCC(C(=O)OCC)CC1. The Morgan fingerprint density at radius 3 is 2.62 bits per heavy atom. The molecule has 1 fully saturated rings. The van der Waals surface area contributed by atoms with E-state index in [0.717, 1.165) is 56.1 Å². The van der Waals surface area contributed by atoms with Gasteiger partial charge in [-0.25, -0.2) is 0 Å². The van der Waals surface area contributed by atoms with Gasteiger partial charge < -0.3 is 24.8 Å². The number of benzene rings is 1. The monoisotopic (exact) mass is 405 g/mol. The van der Waals surface area contributed by atoms with Crippen LogP contribution in [0.2, 0.25) is 0 Å². The molecule has 2 rings (SSSR count). The number of methoxy groups -OCH3 is 1. The number of rotatable bonds is 10. The first-order valence-corrected chi connectivity index (χ1v) is 10.6. The number of nitrogens with zero attached hydrogens (tertiary/aromatic N) is 1. The van der Waals surface area contributed by atoms with Crippen molar-refractivity contribution in [2.75, 3.05) is 33.4 Å². The van der Waals surface area contributed by atoms with Crippen molar-refractivity contribution in [3.8, 4) is 11.5 Å². The number of nitrogens with one attached hydrogen (secondary N) is 2. The number of hydrogen-bond donors (Lipinski definition) is 2. The first-order chi connectivity index (χ1) is 14.2. The highest BCUT2D eigenvalue weighted by atomic mass is 16.5. The smallest absolute Gasteiger partial charge is 0.308 e. The summed E-state index contributed by atoms with van der Waals surface area (Å²) in [6, 6.07) is 7.94. The largest absolute Gasteiger partial charge is 0.497 e. The predicted molar refractivity (Wildman–Crippen MR) is 115 cm³/mol. The summed E-state index contributed by atoms with van der Waals surface area (Å²) in [6.45, 7) is 6.45. The molecule has 7 heteroatoms. The Morgan fingerprint density at radius 2 is 1.93 bits per heavy atom. The summed E-state index contributed by atoms with van der Waals surface area (Å²) < 4.78 is 16.1. The van der Waals surface area contributed by atoms with Crippen molar-refractivity contribution >= 4 is 11.9 Å². The molecule has 0 atom stereocenters. The van der Waals surface area contributed by atoms with E-state index in [4.69, 9.17) is 14.2 Å². The first kappa shape index (κ1) is 22.8. The van der Waals surface area contributed by atoms with Crippen LogP contribution in [0.4, 0.5) is 0 Å². The van der Waals surface area contributed by atoms with Crippen LogP contribution >= 0.6 is 0 Å². The Balaban J connectivity index is 1.71. The third kappa shape index (κ3) is 8.21. The lowest BCUT2D eigenvalue weighted by atomic mass is 9.86. The molecule has 0 saturated heterocycles. The third-order valence-corrected chi connectivity index (χ3v) is 4.91. The van der Waals surface area contributed by atoms with Crippen LogP contribution in [0.1, 0.15) is 46.0 Å². The number of esters is 1. The molecule has 1 aromatic rings. The van der Waals surface area contributed by atoms with Gasteiger partial charge in [0.15, 0.2) is 5.96 Å². The Hall–Kier alpha value is -2.44. The maximum atomic E-state index is 11.9. The Kier molecular flexibility index (Phi) is 10.2. The topological polar surface area (TPSA) is 81.2 Å². The molecule has 2 N–H and O–H groups in total. The number of ether oxygens (including phenoxy) is 3. The summed E-state index contributed by atoms with van der Waals surface area (Å²) in [6.07, 6.45) is 4.46. The summed E-state index contributed by atoms with van der Waals surface area (Å²) in [5.74, 6) is 2.41. The molecule has 1 aliphatic carbocycles. The van der Waals surface area contributed by atoms with Crippen molar-refractivity contribution in [1.29, 1.82) is 0 Å². The second-order valence-corrected chi connectivity index (χ2v) is 7.09. The molecule has 0 aliphatic heterocycles. The number of aliphatic imine (C=N–C) groups is 1. The molecule has 0 radical (unpaired) electrons. The van der Waals surface area contributed by atoms with Gasteiger partial charge in [-0.2, -0.15) is 0 Å². The molecule has 0 spiro atoms. The minimum absolute atomic E-state index is 0.0429. The predicted octanol–water partition coefficient (Wildman–Crippen LogP) is 3.14. The first-order valence-electron chi connectivity index (χ1n) is 10.6. The zero-order chi connectivity index (χ0) is 20.9. The lowest BCUT2D eigenvalue weighted by Crippen LogP contribution is -2.45. The molecule has 1 aliphatic rings. The van der Waals surface area contributed by atoms with Gasteiger partial charge in [0.05, 0.1) is 26.2 Å². The number of carbonyl (C=O) groups is 1. The van der Waals surface area contributed by atoms with Gasteiger partial charge in [0, 0.05) is 31.6 Å². The van der Waals surface area contributed by atoms with E-state index in [2.05, 4.69) is 22.5 Å². The van der Waals surface area contributed by atoms with Crippen molar-refractivity contribution < 1.29 is 19.0 Å². The van der Waals surface area contributed by atoms with E-state index < -0.39 is 0 Å². The van der Waals surface area contributed by atoms with Crippen molar-refractivity contribution in [2.24, 2.45) is 10.9 Å². The van der Waals surface area contributed by atoms with Gasteiger partial charge in [0.2, 0.25) is 0 Å². The van der Waals surface area contributed by atoms with Crippen LogP contribution in [-0.2, 0) is 9.53 Å². The zero-order valence-corrected chi connectivity index (χ0v) is 17.9. The van der Waals surface area contributed by atoms with Crippen molar-refractivity contribution in [3.63, 3.8) is 0 Å². The fraction of sp³-hybridized carbons (Fsp3) is 0.636. The zero-order valence-electron chi connectivity index (χ0n) is 17.9. The summed E-state index contributed by atoms with van der Waals surface area (Å²) in [4.78, 5) is 16.5. The summed E-state index contributed by atoms with van der Waals surface area (Å²) in [5.41, 5.74) is 0. The highest BCUT2D eigenvalue weighted by Crippen LogP contribution is 2.25. The Morgan fingerprint density at radius 1 is 1.17 bits per heavy atom. The van der Waals surface area contributed by atoms with E-state index in [0.29, 0.717) is 25.8 Å². The number of carbonyl (C=O) groups excluding carboxylic acids is 1. The number of hydrogen-bond acceptors (Lipinski definition) is 5. The molecule has 29 heavy (non-hydrogen) atoms.